The maximum absolute atomic E-state index is 5.85. The summed E-state index contributed by atoms with van der Waals surface area (Å²) in [6.07, 6.45) is 0.172. The predicted octanol–water partition coefficient (Wildman–Crippen LogP) is 4.08. The Bertz CT molecular complexity index is 553. The number of rotatable bonds is 5. The van der Waals surface area contributed by atoms with Crippen LogP contribution in [0.15, 0.2) is 46.8 Å². The molecule has 0 radical (unpaired) electrons. The molecule has 114 valence electrons. The molecule has 0 aliphatic carbocycles. The second-order valence-electron chi connectivity index (χ2n) is 4.60. The fourth-order valence-corrected chi connectivity index (χ4v) is 2.27. The zero-order valence-corrected chi connectivity index (χ0v) is 15.2. The van der Waals surface area contributed by atoms with Crippen LogP contribution in [0.5, 0.6) is 5.75 Å². The molecular formula is C15H20IN3OS. The van der Waals surface area contributed by atoms with Gasteiger partial charge in [0.2, 0.25) is 0 Å². The van der Waals surface area contributed by atoms with Crippen molar-refractivity contribution in [2.45, 2.75) is 26.5 Å². The molecule has 0 spiro atoms. The van der Waals surface area contributed by atoms with Crippen molar-refractivity contribution in [3.8, 4) is 5.75 Å². The van der Waals surface area contributed by atoms with Crippen LogP contribution in [0.1, 0.15) is 18.7 Å². The Balaban J connectivity index is 0.00000220. The molecule has 0 fully saturated rings. The van der Waals surface area contributed by atoms with Crippen molar-refractivity contribution in [3.63, 3.8) is 0 Å². The van der Waals surface area contributed by atoms with E-state index in [1.165, 1.54) is 4.88 Å². The third-order valence-electron chi connectivity index (χ3n) is 2.48. The highest BCUT2D eigenvalue weighted by Gasteiger charge is 1.99. The topological polar surface area (TPSA) is 59.6 Å². The third kappa shape index (κ3) is 6.34. The zero-order chi connectivity index (χ0) is 14.4. The van der Waals surface area contributed by atoms with Crippen molar-refractivity contribution >= 4 is 47.0 Å². The number of nitrogens with one attached hydrogen (secondary N) is 1. The van der Waals surface area contributed by atoms with Crippen LogP contribution in [0.4, 0.5) is 5.69 Å². The van der Waals surface area contributed by atoms with E-state index in [-0.39, 0.29) is 30.1 Å². The maximum atomic E-state index is 5.85. The van der Waals surface area contributed by atoms with E-state index in [1.54, 1.807) is 11.3 Å². The van der Waals surface area contributed by atoms with Crippen molar-refractivity contribution in [1.82, 2.24) is 0 Å². The molecule has 21 heavy (non-hydrogen) atoms. The quantitative estimate of drug-likeness (QED) is 0.438. The van der Waals surface area contributed by atoms with Gasteiger partial charge in [-0.1, -0.05) is 6.07 Å². The third-order valence-corrected chi connectivity index (χ3v) is 3.34. The van der Waals surface area contributed by atoms with Crippen LogP contribution in [0.2, 0.25) is 0 Å². The second-order valence-corrected chi connectivity index (χ2v) is 5.63. The van der Waals surface area contributed by atoms with Gasteiger partial charge < -0.3 is 15.8 Å². The standard InChI is InChI=1S/C15H19N3OS.HI/c1-11(2)19-13-7-5-12(6-8-13)18-15(16)17-10-14-4-3-9-20-14;/h3-9,11H,10H2,1-2H3,(H3,16,17,18);1H. The summed E-state index contributed by atoms with van der Waals surface area (Å²) in [5.74, 6) is 1.26. The Kier molecular flexibility index (Phi) is 7.52. The van der Waals surface area contributed by atoms with Gasteiger partial charge >= 0.3 is 0 Å². The molecule has 4 nitrogen and oxygen atoms in total. The molecule has 0 aliphatic rings. The monoisotopic (exact) mass is 417 g/mol. The molecule has 0 saturated carbocycles. The molecule has 0 saturated heterocycles. The summed E-state index contributed by atoms with van der Waals surface area (Å²) in [6, 6.07) is 11.7. The first kappa shape index (κ1) is 17.8. The van der Waals surface area contributed by atoms with Crippen LogP contribution in [-0.4, -0.2) is 12.1 Å². The van der Waals surface area contributed by atoms with Crippen LogP contribution < -0.4 is 15.8 Å². The Morgan fingerprint density at radius 1 is 1.29 bits per heavy atom. The molecule has 0 atom stereocenters. The normalized spacial score (nSPS) is 11.1. The molecule has 1 aromatic heterocycles. The van der Waals surface area contributed by atoms with Crippen molar-refractivity contribution < 1.29 is 4.74 Å². The number of nitrogens with zero attached hydrogens (tertiary/aromatic N) is 1. The van der Waals surface area contributed by atoms with Gasteiger partial charge in [-0.2, -0.15) is 0 Å². The van der Waals surface area contributed by atoms with E-state index >= 15 is 0 Å². The minimum atomic E-state index is 0. The van der Waals surface area contributed by atoms with E-state index in [9.17, 15) is 0 Å². The van der Waals surface area contributed by atoms with Crippen LogP contribution in [0.3, 0.4) is 0 Å². The van der Waals surface area contributed by atoms with Gasteiger partial charge in [0.25, 0.3) is 0 Å². The van der Waals surface area contributed by atoms with E-state index < -0.39 is 0 Å². The first-order chi connectivity index (χ1) is 9.63. The lowest BCUT2D eigenvalue weighted by molar-refractivity contribution is 0.242. The molecule has 0 bridgehead atoms. The molecule has 0 amide bonds. The van der Waals surface area contributed by atoms with Gasteiger partial charge in [-0.25, -0.2) is 4.99 Å². The number of halogens is 1. The minimum Gasteiger partial charge on any atom is -0.491 e. The minimum absolute atomic E-state index is 0. The van der Waals surface area contributed by atoms with Crippen molar-refractivity contribution in [2.24, 2.45) is 10.7 Å². The molecular weight excluding hydrogens is 397 g/mol. The first-order valence-corrected chi connectivity index (χ1v) is 7.37. The van der Waals surface area contributed by atoms with Gasteiger partial charge in [-0.05, 0) is 49.6 Å². The summed E-state index contributed by atoms with van der Waals surface area (Å²) in [7, 11) is 0. The number of ether oxygens (including phenoxy) is 1. The first-order valence-electron chi connectivity index (χ1n) is 6.49. The molecule has 2 aromatic rings. The summed E-state index contributed by atoms with van der Waals surface area (Å²) in [6.45, 7) is 4.60. The van der Waals surface area contributed by atoms with Crippen molar-refractivity contribution in [3.05, 3.63) is 46.7 Å². The number of nitrogens with two attached hydrogens (primary N) is 1. The number of anilines is 1. The Hall–Kier alpha value is -1.28. The predicted molar refractivity (Wildman–Crippen MR) is 101 cm³/mol. The number of hydrogen-bond acceptors (Lipinski definition) is 3. The number of benzene rings is 1. The largest absolute Gasteiger partial charge is 0.491 e. The fourth-order valence-electron chi connectivity index (χ4n) is 1.64. The molecule has 1 heterocycles. The van der Waals surface area contributed by atoms with Gasteiger partial charge in [-0.3, -0.25) is 0 Å². The van der Waals surface area contributed by atoms with Gasteiger partial charge in [0.05, 0.1) is 12.6 Å². The summed E-state index contributed by atoms with van der Waals surface area (Å²) in [5.41, 5.74) is 6.75. The molecule has 0 unspecified atom stereocenters. The lowest BCUT2D eigenvalue weighted by Gasteiger charge is -2.10. The smallest absolute Gasteiger partial charge is 0.193 e. The lowest BCUT2D eigenvalue weighted by atomic mass is 10.3. The van der Waals surface area contributed by atoms with E-state index in [2.05, 4.69) is 10.3 Å². The highest BCUT2D eigenvalue weighted by Crippen LogP contribution is 2.16. The maximum Gasteiger partial charge on any atom is 0.193 e. The molecule has 0 aliphatic heterocycles. The number of aliphatic imine (C=N–C) groups is 1. The number of thiophene rings is 1. The van der Waals surface area contributed by atoms with Crippen LogP contribution >= 0.6 is 35.3 Å². The van der Waals surface area contributed by atoms with E-state index in [0.29, 0.717) is 12.5 Å². The highest BCUT2D eigenvalue weighted by molar-refractivity contribution is 14.0. The Morgan fingerprint density at radius 2 is 2.00 bits per heavy atom. The second kappa shape index (κ2) is 8.89. The average molecular weight is 417 g/mol. The van der Waals surface area contributed by atoms with Crippen LogP contribution in [0, 0.1) is 0 Å². The SMILES string of the molecule is CC(C)Oc1ccc(NC(N)=NCc2cccs2)cc1.I. The van der Waals surface area contributed by atoms with Crippen molar-refractivity contribution in [1.29, 1.82) is 0 Å². The zero-order valence-electron chi connectivity index (χ0n) is 12.1. The lowest BCUT2D eigenvalue weighted by Crippen LogP contribution is -2.22. The van der Waals surface area contributed by atoms with Gasteiger partial charge in [0.1, 0.15) is 5.75 Å². The molecule has 6 heteroatoms. The van der Waals surface area contributed by atoms with Crippen LogP contribution in [0.25, 0.3) is 0 Å². The Morgan fingerprint density at radius 3 is 2.57 bits per heavy atom. The summed E-state index contributed by atoms with van der Waals surface area (Å²) < 4.78 is 5.58. The van der Waals surface area contributed by atoms with Crippen LogP contribution in [-0.2, 0) is 6.54 Å². The molecule has 1 aromatic carbocycles. The van der Waals surface area contributed by atoms with Gasteiger partial charge in [0, 0.05) is 10.6 Å². The van der Waals surface area contributed by atoms with Gasteiger partial charge in [-0.15, -0.1) is 35.3 Å². The summed E-state index contributed by atoms with van der Waals surface area (Å²) >= 11 is 1.67. The fraction of sp³-hybridized carbons (Fsp3) is 0.267. The van der Waals surface area contributed by atoms with Crippen molar-refractivity contribution in [2.75, 3.05) is 5.32 Å². The summed E-state index contributed by atoms with van der Waals surface area (Å²) in [5, 5.41) is 5.09. The van der Waals surface area contributed by atoms with E-state index in [0.717, 1.165) is 11.4 Å². The summed E-state index contributed by atoms with van der Waals surface area (Å²) in [4.78, 5) is 5.49. The highest BCUT2D eigenvalue weighted by atomic mass is 127. The average Bonchev–Trinajstić information content (AvgIpc) is 2.91. The molecule has 3 N–H and O–H groups in total. The van der Waals surface area contributed by atoms with E-state index in [1.807, 2.05) is 55.6 Å². The Labute approximate surface area is 146 Å². The van der Waals surface area contributed by atoms with E-state index in [4.69, 9.17) is 10.5 Å². The van der Waals surface area contributed by atoms with Gasteiger partial charge in [0.15, 0.2) is 5.96 Å². The molecule has 2 rings (SSSR count). The number of hydrogen-bond donors (Lipinski definition) is 2. The number of guanidine groups is 1.